The lowest BCUT2D eigenvalue weighted by molar-refractivity contribution is -0.142. The molecule has 160 valence electrons. The molecule has 0 saturated heterocycles. The van der Waals surface area contributed by atoms with Crippen LogP contribution < -0.4 is 0 Å². The topological polar surface area (TPSA) is 114 Å². The van der Waals surface area contributed by atoms with E-state index in [-0.39, 0.29) is 34.2 Å². The SMILES string of the molecule is COC(=O)CC1CSC(C(=O)OC)=C1OC1=C(C(=O)OC)SCC1CC(=O)OC. The minimum atomic E-state index is -0.604. The molecule has 0 saturated carbocycles. The lowest BCUT2D eigenvalue weighted by Gasteiger charge is -2.20. The third kappa shape index (κ3) is 5.47. The molecule has 0 aromatic heterocycles. The first-order valence-electron chi connectivity index (χ1n) is 8.58. The summed E-state index contributed by atoms with van der Waals surface area (Å²) in [6, 6.07) is 0. The molecule has 2 unspecified atom stereocenters. The third-order valence-electron chi connectivity index (χ3n) is 4.29. The molecule has 0 bridgehead atoms. The predicted molar refractivity (Wildman–Crippen MR) is 104 cm³/mol. The summed E-state index contributed by atoms with van der Waals surface area (Å²) in [7, 11) is 5.03. The van der Waals surface area contributed by atoms with Crippen LogP contribution in [0.5, 0.6) is 0 Å². The smallest absolute Gasteiger partial charge is 0.347 e. The van der Waals surface area contributed by atoms with Gasteiger partial charge in [0.05, 0.1) is 41.3 Å². The average Bonchev–Trinajstić information content (AvgIpc) is 3.31. The Balaban J connectivity index is 2.42. The lowest BCUT2D eigenvalue weighted by Crippen LogP contribution is -2.19. The van der Waals surface area contributed by atoms with Gasteiger partial charge < -0.3 is 23.7 Å². The monoisotopic (exact) mass is 446 g/mol. The average molecular weight is 446 g/mol. The second-order valence-electron chi connectivity index (χ2n) is 6.05. The van der Waals surface area contributed by atoms with Gasteiger partial charge in [-0.1, -0.05) is 0 Å². The van der Waals surface area contributed by atoms with E-state index in [4.69, 9.17) is 23.7 Å². The van der Waals surface area contributed by atoms with Gasteiger partial charge in [-0.3, -0.25) is 9.59 Å². The molecule has 2 heterocycles. The van der Waals surface area contributed by atoms with Crippen molar-refractivity contribution in [2.45, 2.75) is 12.8 Å². The van der Waals surface area contributed by atoms with Crippen LogP contribution in [0.2, 0.25) is 0 Å². The normalized spacial score (nSPS) is 21.1. The first-order valence-corrected chi connectivity index (χ1v) is 10.5. The third-order valence-corrected chi connectivity index (χ3v) is 6.74. The molecule has 9 nitrogen and oxygen atoms in total. The van der Waals surface area contributed by atoms with Crippen LogP contribution in [0.1, 0.15) is 12.8 Å². The van der Waals surface area contributed by atoms with Crippen LogP contribution in [-0.4, -0.2) is 63.8 Å². The second kappa shape index (κ2) is 10.6. The van der Waals surface area contributed by atoms with Crippen LogP contribution >= 0.6 is 23.5 Å². The fraction of sp³-hybridized carbons (Fsp3) is 0.556. The Labute approximate surface area is 176 Å². The fourth-order valence-corrected chi connectivity index (χ4v) is 5.16. The summed E-state index contributed by atoms with van der Waals surface area (Å²) < 4.78 is 25.1. The fourth-order valence-electron chi connectivity index (χ4n) is 2.79. The maximum atomic E-state index is 12.2. The van der Waals surface area contributed by atoms with E-state index in [1.807, 2.05) is 0 Å². The molecule has 11 heteroatoms. The summed E-state index contributed by atoms with van der Waals surface area (Å²) in [6.07, 6.45) is -0.00997. The minimum absolute atomic E-state index is 0.00498. The van der Waals surface area contributed by atoms with E-state index in [2.05, 4.69) is 0 Å². The molecule has 0 radical (unpaired) electrons. The van der Waals surface area contributed by atoms with Gasteiger partial charge in [-0.05, 0) is 0 Å². The molecule has 0 aromatic rings. The number of carbonyl (C=O) groups is 4. The predicted octanol–water partition coefficient (Wildman–Crippen LogP) is 1.62. The molecular weight excluding hydrogens is 424 g/mol. The maximum Gasteiger partial charge on any atom is 0.347 e. The molecule has 0 aliphatic carbocycles. The Kier molecular flexibility index (Phi) is 8.45. The summed E-state index contributed by atoms with van der Waals surface area (Å²) >= 11 is 2.39. The second-order valence-corrected chi connectivity index (χ2v) is 8.11. The zero-order chi connectivity index (χ0) is 21.6. The number of methoxy groups -OCH3 is 4. The number of hydrogen-bond donors (Lipinski definition) is 0. The Morgan fingerprint density at radius 3 is 1.41 bits per heavy atom. The van der Waals surface area contributed by atoms with Crippen molar-refractivity contribution < 1.29 is 42.9 Å². The van der Waals surface area contributed by atoms with Crippen LogP contribution in [0.4, 0.5) is 0 Å². The van der Waals surface area contributed by atoms with Crippen molar-refractivity contribution in [3.8, 4) is 0 Å². The van der Waals surface area contributed by atoms with Crippen molar-refractivity contribution >= 4 is 47.4 Å². The molecule has 0 spiro atoms. The van der Waals surface area contributed by atoms with E-state index in [1.165, 1.54) is 52.0 Å². The van der Waals surface area contributed by atoms with Gasteiger partial charge in [0.25, 0.3) is 0 Å². The van der Waals surface area contributed by atoms with Crippen LogP contribution in [0.25, 0.3) is 0 Å². The van der Waals surface area contributed by atoms with Gasteiger partial charge in [-0.2, -0.15) is 0 Å². The summed E-state index contributed by atoms with van der Waals surface area (Å²) in [4.78, 5) is 48.4. The van der Waals surface area contributed by atoms with Crippen molar-refractivity contribution in [3.05, 3.63) is 21.3 Å². The summed E-state index contributed by atoms with van der Waals surface area (Å²) in [6.45, 7) is 0. The summed E-state index contributed by atoms with van der Waals surface area (Å²) in [5.41, 5.74) is 0. The molecule has 0 aromatic carbocycles. The highest BCUT2D eigenvalue weighted by molar-refractivity contribution is 8.04. The molecule has 0 N–H and O–H groups in total. The van der Waals surface area contributed by atoms with Gasteiger partial charge >= 0.3 is 23.9 Å². The van der Waals surface area contributed by atoms with Gasteiger partial charge in [0.2, 0.25) is 0 Å². The quantitative estimate of drug-likeness (QED) is 0.400. The lowest BCUT2D eigenvalue weighted by atomic mass is 10.0. The van der Waals surface area contributed by atoms with E-state index < -0.39 is 35.7 Å². The number of rotatable bonds is 8. The largest absolute Gasteiger partial charge is 0.469 e. The highest BCUT2D eigenvalue weighted by atomic mass is 32.2. The minimum Gasteiger partial charge on any atom is -0.469 e. The molecule has 2 rings (SSSR count). The summed E-state index contributed by atoms with van der Waals surface area (Å²) in [5.74, 6) is -1.76. The van der Waals surface area contributed by atoms with Crippen molar-refractivity contribution in [2.75, 3.05) is 39.9 Å². The first kappa shape index (κ1) is 23.1. The van der Waals surface area contributed by atoms with Gasteiger partial charge in [0.15, 0.2) is 0 Å². The zero-order valence-corrected chi connectivity index (χ0v) is 18.1. The first-order chi connectivity index (χ1) is 13.9. The van der Waals surface area contributed by atoms with Gasteiger partial charge in [-0.25, -0.2) is 9.59 Å². The number of carbonyl (C=O) groups excluding carboxylic acids is 4. The standard InChI is InChI=1S/C18H22O9S2/c1-23-11(19)5-9-7-28-15(17(21)25-3)13(9)27-14-10(6-12(20)24-2)8-29-16(14)18(22)26-4/h9-10H,5-8H2,1-4H3. The molecule has 0 fully saturated rings. The Morgan fingerprint density at radius 1 is 0.724 bits per heavy atom. The molecule has 0 amide bonds. The molecule has 2 aliphatic rings. The van der Waals surface area contributed by atoms with Crippen molar-refractivity contribution in [2.24, 2.45) is 11.8 Å². The van der Waals surface area contributed by atoms with E-state index >= 15 is 0 Å². The van der Waals surface area contributed by atoms with Crippen LogP contribution in [0.3, 0.4) is 0 Å². The van der Waals surface area contributed by atoms with Crippen molar-refractivity contribution in [1.29, 1.82) is 0 Å². The van der Waals surface area contributed by atoms with E-state index in [0.717, 1.165) is 0 Å². The van der Waals surface area contributed by atoms with Crippen molar-refractivity contribution in [3.63, 3.8) is 0 Å². The Bertz CT molecular complexity index is 694. The highest BCUT2D eigenvalue weighted by Gasteiger charge is 2.40. The number of hydrogen-bond acceptors (Lipinski definition) is 11. The van der Waals surface area contributed by atoms with Crippen LogP contribution in [-0.2, 0) is 42.9 Å². The number of thioether (sulfide) groups is 2. The Morgan fingerprint density at radius 2 is 1.10 bits per heavy atom. The number of esters is 4. The van der Waals surface area contributed by atoms with Crippen LogP contribution in [0.15, 0.2) is 21.3 Å². The van der Waals surface area contributed by atoms with Crippen molar-refractivity contribution in [1.82, 2.24) is 0 Å². The molecule has 29 heavy (non-hydrogen) atoms. The summed E-state index contributed by atoms with van der Waals surface area (Å²) in [5, 5.41) is 0. The van der Waals surface area contributed by atoms with E-state index in [9.17, 15) is 19.2 Å². The van der Waals surface area contributed by atoms with Gasteiger partial charge in [0.1, 0.15) is 21.3 Å². The van der Waals surface area contributed by atoms with E-state index in [1.54, 1.807) is 0 Å². The Hall–Kier alpha value is -2.14. The van der Waals surface area contributed by atoms with Crippen LogP contribution in [0, 0.1) is 11.8 Å². The van der Waals surface area contributed by atoms with Gasteiger partial charge in [0, 0.05) is 23.3 Å². The molecule has 2 atom stereocenters. The highest BCUT2D eigenvalue weighted by Crippen LogP contribution is 2.45. The number of allylic oxidation sites excluding steroid dienone is 2. The van der Waals surface area contributed by atoms with Gasteiger partial charge in [-0.15, -0.1) is 23.5 Å². The number of ether oxygens (including phenoxy) is 5. The molecular formula is C18H22O9S2. The zero-order valence-electron chi connectivity index (χ0n) is 16.5. The van der Waals surface area contributed by atoms with E-state index in [0.29, 0.717) is 11.5 Å². The maximum absolute atomic E-state index is 12.2. The molecule has 2 aliphatic heterocycles.